The molecule has 0 saturated carbocycles. The minimum absolute atomic E-state index is 0.131. The molecule has 2 N–H and O–H groups in total. The summed E-state index contributed by atoms with van der Waals surface area (Å²) in [6.07, 6.45) is 3.53. The van der Waals surface area contributed by atoms with Crippen molar-refractivity contribution in [3.63, 3.8) is 0 Å². The fourth-order valence-corrected chi connectivity index (χ4v) is 5.04. The lowest BCUT2D eigenvalue weighted by Crippen LogP contribution is -2.39. The van der Waals surface area contributed by atoms with Crippen molar-refractivity contribution < 1.29 is 23.6 Å². The van der Waals surface area contributed by atoms with Crippen LogP contribution in [0.5, 0.6) is 5.75 Å². The number of aromatic nitrogens is 2. The van der Waals surface area contributed by atoms with Gasteiger partial charge in [0.1, 0.15) is 22.9 Å². The second-order valence-corrected chi connectivity index (χ2v) is 12.8. The van der Waals surface area contributed by atoms with Crippen molar-refractivity contribution in [2.75, 3.05) is 0 Å². The number of fused-ring (bicyclic) bond motifs is 1. The molecule has 2 heterocycles. The van der Waals surface area contributed by atoms with E-state index in [1.54, 1.807) is 6.20 Å². The second kappa shape index (κ2) is 11.8. The maximum absolute atomic E-state index is 14.0. The average molecular weight is 552 g/mol. The summed E-state index contributed by atoms with van der Waals surface area (Å²) in [7, 11) is 0. The predicted octanol–water partition coefficient (Wildman–Crippen LogP) is 6.18. The number of hydrogen-bond acceptors (Lipinski definition) is 5. The Balaban J connectivity index is 1.69. The molecule has 0 radical (unpaired) electrons. The Morgan fingerprint density at radius 2 is 1.95 bits per heavy atom. The Kier molecular flexibility index (Phi) is 8.64. The fraction of sp³-hybridized carbons (Fsp3) is 0.333. The van der Waals surface area contributed by atoms with E-state index >= 15 is 0 Å². The van der Waals surface area contributed by atoms with Crippen LogP contribution >= 0.6 is 0 Å². The van der Waals surface area contributed by atoms with Gasteiger partial charge in [-0.2, -0.15) is 0 Å². The number of carboxylic acids is 1. The lowest BCUT2D eigenvalue weighted by molar-refractivity contribution is -0.136. The molecule has 0 fully saturated rings. The fourth-order valence-electron chi connectivity index (χ4n) is 4.32. The Morgan fingerprint density at radius 1 is 1.18 bits per heavy atom. The number of carboxylic acid groups (broad SMARTS) is 1. The molecular formula is C30H34FN3O4S. The van der Waals surface area contributed by atoms with Crippen LogP contribution in [0.15, 0.2) is 60.9 Å². The first-order valence-corrected chi connectivity index (χ1v) is 13.9. The number of carbonyl (C=O) groups is 1. The minimum atomic E-state index is -1.22. The third-order valence-corrected chi connectivity index (χ3v) is 7.81. The molecule has 4 aromatic rings. The molecule has 206 valence electrons. The van der Waals surface area contributed by atoms with Crippen LogP contribution in [0.1, 0.15) is 57.5 Å². The molecule has 0 unspecified atom stereocenters. The third kappa shape index (κ3) is 6.98. The van der Waals surface area contributed by atoms with Gasteiger partial charge in [0.15, 0.2) is 0 Å². The maximum Gasteiger partial charge on any atom is 0.307 e. The zero-order valence-electron chi connectivity index (χ0n) is 22.8. The van der Waals surface area contributed by atoms with E-state index in [0.29, 0.717) is 12.1 Å². The zero-order chi connectivity index (χ0) is 28.3. The van der Waals surface area contributed by atoms with Crippen LogP contribution in [0, 0.1) is 5.82 Å². The highest BCUT2D eigenvalue weighted by Crippen LogP contribution is 2.33. The predicted molar refractivity (Wildman–Crippen MR) is 152 cm³/mol. The maximum atomic E-state index is 14.0. The number of rotatable bonds is 10. The third-order valence-electron chi connectivity index (χ3n) is 6.29. The van der Waals surface area contributed by atoms with E-state index in [1.165, 1.54) is 18.2 Å². The average Bonchev–Trinajstić information content (AvgIpc) is 3.30. The summed E-state index contributed by atoms with van der Waals surface area (Å²) in [5.74, 6) is -1.30. The summed E-state index contributed by atoms with van der Waals surface area (Å²) in [5.41, 5.74) is 4.99. The quantitative estimate of drug-likeness (QED) is 0.228. The van der Waals surface area contributed by atoms with Gasteiger partial charge in [-0.05, 0) is 87.7 Å². The van der Waals surface area contributed by atoms with Gasteiger partial charge in [-0.25, -0.2) is 4.39 Å². The van der Waals surface area contributed by atoms with Gasteiger partial charge in [0, 0.05) is 52.3 Å². The largest absolute Gasteiger partial charge is 0.598 e. The molecule has 9 heteroatoms. The molecule has 0 spiro atoms. The van der Waals surface area contributed by atoms with Crippen molar-refractivity contribution >= 4 is 28.2 Å². The van der Waals surface area contributed by atoms with E-state index in [2.05, 4.69) is 40.4 Å². The second-order valence-electron chi connectivity index (χ2n) is 10.7. The first-order valence-electron chi connectivity index (χ1n) is 12.8. The lowest BCUT2D eigenvalue weighted by Gasteiger charge is -2.23. The van der Waals surface area contributed by atoms with Crippen LogP contribution in [0.4, 0.5) is 4.39 Å². The summed E-state index contributed by atoms with van der Waals surface area (Å²) in [6, 6.07) is 14.2. The summed E-state index contributed by atoms with van der Waals surface area (Å²) in [5, 5.41) is 10.3. The normalized spacial score (nSPS) is 12.7. The molecule has 0 saturated heterocycles. The van der Waals surface area contributed by atoms with Crippen molar-refractivity contribution in [2.45, 2.75) is 65.0 Å². The van der Waals surface area contributed by atoms with Crippen molar-refractivity contribution in [1.29, 1.82) is 0 Å². The van der Waals surface area contributed by atoms with E-state index in [0.717, 1.165) is 33.3 Å². The van der Waals surface area contributed by atoms with Gasteiger partial charge in [0.2, 0.25) is 0 Å². The van der Waals surface area contributed by atoms with Gasteiger partial charge in [0.05, 0.1) is 18.7 Å². The van der Waals surface area contributed by atoms with Crippen LogP contribution in [0.25, 0.3) is 22.0 Å². The van der Waals surface area contributed by atoms with E-state index < -0.39 is 23.1 Å². The van der Waals surface area contributed by atoms with Gasteiger partial charge in [-0.3, -0.25) is 9.78 Å². The molecule has 39 heavy (non-hydrogen) atoms. The Hall–Kier alpha value is -3.40. The van der Waals surface area contributed by atoms with Crippen LogP contribution in [-0.4, -0.2) is 29.9 Å². The molecule has 1 atom stereocenters. The minimum Gasteiger partial charge on any atom is -0.598 e. The molecule has 2 aromatic carbocycles. The lowest BCUT2D eigenvalue weighted by atomic mass is 9.99. The highest BCUT2D eigenvalue weighted by Gasteiger charge is 2.26. The summed E-state index contributed by atoms with van der Waals surface area (Å²) < 4.78 is 37.3. The molecule has 4 rings (SSSR count). The summed E-state index contributed by atoms with van der Waals surface area (Å²) in [4.78, 5) is 15.7. The van der Waals surface area contributed by atoms with Crippen molar-refractivity contribution in [3.8, 4) is 16.9 Å². The first-order chi connectivity index (χ1) is 18.4. The molecule has 0 aliphatic heterocycles. The van der Waals surface area contributed by atoms with E-state index in [-0.39, 0.29) is 29.6 Å². The number of pyridine rings is 1. The Labute approximate surface area is 231 Å². The SMILES string of the molecule is CC(C)n1ccc2c(-c3ccnc(CN[S@@+]([O-])C(C)(C)C)c3)cc(COc3cc(F)ccc3CC(=O)O)cc21. The first kappa shape index (κ1) is 28.6. The number of nitrogens with one attached hydrogen (secondary N) is 1. The highest BCUT2D eigenvalue weighted by atomic mass is 32.2. The summed E-state index contributed by atoms with van der Waals surface area (Å²) >= 11 is -1.22. The molecule has 7 nitrogen and oxygen atoms in total. The van der Waals surface area contributed by atoms with Gasteiger partial charge in [0.25, 0.3) is 0 Å². The van der Waals surface area contributed by atoms with E-state index in [1.807, 2.05) is 45.0 Å². The van der Waals surface area contributed by atoms with Crippen LogP contribution < -0.4 is 9.46 Å². The smallest absolute Gasteiger partial charge is 0.307 e. The van der Waals surface area contributed by atoms with Gasteiger partial charge < -0.3 is 19.0 Å². The molecular weight excluding hydrogens is 517 g/mol. The number of halogens is 1. The van der Waals surface area contributed by atoms with Crippen molar-refractivity contribution in [1.82, 2.24) is 14.3 Å². The number of ether oxygens (including phenoxy) is 1. The standard InChI is InChI=1S/C30H34FN3O4S/c1-19(2)34-11-9-25-26(21-8-10-32-24(14-21)17-33-39(37)30(3,4)5)12-20(13-27(25)34)18-38-28-16-23(31)7-6-22(28)15-29(35)36/h6-14,16,19,33H,15,17-18H2,1-5H3,(H,35,36)/t39-/m0/s1. The molecule has 0 aliphatic carbocycles. The molecule has 2 aromatic heterocycles. The van der Waals surface area contributed by atoms with Gasteiger partial charge in [-0.15, -0.1) is 4.72 Å². The van der Waals surface area contributed by atoms with Crippen LogP contribution in [0.3, 0.4) is 0 Å². The number of hydrogen-bond donors (Lipinski definition) is 2. The van der Waals surface area contributed by atoms with E-state index in [4.69, 9.17) is 4.74 Å². The van der Waals surface area contributed by atoms with Crippen molar-refractivity contribution in [3.05, 3.63) is 83.6 Å². The zero-order valence-corrected chi connectivity index (χ0v) is 23.6. The van der Waals surface area contributed by atoms with Crippen LogP contribution in [0.2, 0.25) is 0 Å². The number of aliphatic carboxylic acids is 1. The van der Waals surface area contributed by atoms with E-state index in [9.17, 15) is 18.8 Å². The monoisotopic (exact) mass is 551 g/mol. The molecule has 0 bridgehead atoms. The molecule has 0 amide bonds. The molecule has 0 aliphatic rings. The topological polar surface area (TPSA) is 99.4 Å². The van der Waals surface area contributed by atoms with Gasteiger partial charge >= 0.3 is 5.97 Å². The highest BCUT2D eigenvalue weighted by molar-refractivity contribution is 7.90. The van der Waals surface area contributed by atoms with Crippen LogP contribution in [-0.2, 0) is 35.7 Å². The summed E-state index contributed by atoms with van der Waals surface area (Å²) in [6.45, 7) is 10.5. The Bertz CT molecular complexity index is 1480. The van der Waals surface area contributed by atoms with Crippen molar-refractivity contribution in [2.24, 2.45) is 0 Å². The number of benzene rings is 2. The number of nitrogens with zero attached hydrogens (tertiary/aromatic N) is 2. The van der Waals surface area contributed by atoms with Gasteiger partial charge in [-0.1, -0.05) is 6.07 Å². The Morgan fingerprint density at radius 3 is 2.64 bits per heavy atom.